The van der Waals surface area contributed by atoms with Gasteiger partial charge in [-0.15, -0.1) is 0 Å². The van der Waals surface area contributed by atoms with Crippen molar-refractivity contribution in [3.8, 4) is 0 Å². The van der Waals surface area contributed by atoms with E-state index in [1.54, 1.807) is 4.68 Å². The minimum Gasteiger partial charge on any atom is -0.275 e. The quantitative estimate of drug-likeness (QED) is 0.701. The van der Waals surface area contributed by atoms with Crippen LogP contribution in [0.25, 0.3) is 5.57 Å². The number of rotatable bonds is 2. The lowest BCUT2D eigenvalue weighted by Gasteiger charge is -2.01. The Bertz CT molecular complexity index is 440. The zero-order valence-corrected chi connectivity index (χ0v) is 8.14. The van der Waals surface area contributed by atoms with Gasteiger partial charge < -0.3 is 0 Å². The van der Waals surface area contributed by atoms with Crippen LogP contribution in [0.3, 0.4) is 0 Å². The van der Waals surface area contributed by atoms with Crippen molar-refractivity contribution in [2.24, 2.45) is 7.05 Å². The van der Waals surface area contributed by atoms with E-state index in [1.807, 2.05) is 37.6 Å². The summed E-state index contributed by atoms with van der Waals surface area (Å²) in [5.74, 6) is 0. The molecule has 0 saturated heterocycles. The fourth-order valence-corrected chi connectivity index (χ4v) is 1.38. The molecule has 0 N–H and O–H groups in total. The SMILES string of the molecule is C=C(c1ccccc1)c1cnn(C)c1. The fourth-order valence-electron chi connectivity index (χ4n) is 1.38. The van der Waals surface area contributed by atoms with Crippen LogP contribution in [0.2, 0.25) is 0 Å². The largest absolute Gasteiger partial charge is 0.275 e. The van der Waals surface area contributed by atoms with E-state index in [0.29, 0.717) is 0 Å². The molecular weight excluding hydrogens is 172 g/mol. The Kier molecular flexibility index (Phi) is 2.19. The van der Waals surface area contributed by atoms with Gasteiger partial charge >= 0.3 is 0 Å². The highest BCUT2D eigenvalue weighted by molar-refractivity contribution is 5.77. The van der Waals surface area contributed by atoms with Gasteiger partial charge in [0.2, 0.25) is 0 Å². The molecule has 70 valence electrons. The standard InChI is InChI=1S/C12H12N2/c1-10(11-6-4-3-5-7-11)12-8-13-14(2)9-12/h3-9H,1H2,2H3. The molecule has 2 nitrogen and oxygen atoms in total. The monoisotopic (exact) mass is 184 g/mol. The van der Waals surface area contributed by atoms with Crippen LogP contribution in [0.15, 0.2) is 49.3 Å². The van der Waals surface area contributed by atoms with Crippen LogP contribution in [-0.2, 0) is 7.05 Å². The summed E-state index contributed by atoms with van der Waals surface area (Å²) in [4.78, 5) is 0. The number of benzene rings is 1. The summed E-state index contributed by atoms with van der Waals surface area (Å²) in [5.41, 5.74) is 3.22. The second-order valence-electron chi connectivity index (χ2n) is 3.25. The van der Waals surface area contributed by atoms with Gasteiger partial charge in [-0.25, -0.2) is 0 Å². The van der Waals surface area contributed by atoms with Crippen molar-refractivity contribution in [1.82, 2.24) is 9.78 Å². The molecule has 2 aromatic rings. The summed E-state index contributed by atoms with van der Waals surface area (Å²) >= 11 is 0. The van der Waals surface area contributed by atoms with Crippen molar-refractivity contribution in [3.05, 3.63) is 60.4 Å². The van der Waals surface area contributed by atoms with E-state index < -0.39 is 0 Å². The molecule has 0 radical (unpaired) electrons. The molecule has 0 aliphatic rings. The normalized spacial score (nSPS) is 10.1. The minimum atomic E-state index is 1.01. The fraction of sp³-hybridized carbons (Fsp3) is 0.0833. The number of aromatic nitrogens is 2. The molecule has 2 rings (SSSR count). The Morgan fingerprint density at radius 1 is 1.21 bits per heavy atom. The molecular formula is C12H12N2. The lowest BCUT2D eigenvalue weighted by atomic mass is 10.0. The molecule has 2 heteroatoms. The number of hydrogen-bond donors (Lipinski definition) is 0. The molecule has 0 atom stereocenters. The van der Waals surface area contributed by atoms with Gasteiger partial charge in [-0.3, -0.25) is 4.68 Å². The topological polar surface area (TPSA) is 17.8 Å². The molecule has 0 bridgehead atoms. The lowest BCUT2D eigenvalue weighted by Crippen LogP contribution is -1.85. The highest BCUT2D eigenvalue weighted by atomic mass is 15.2. The maximum Gasteiger partial charge on any atom is 0.0568 e. The van der Waals surface area contributed by atoms with Gasteiger partial charge in [0.15, 0.2) is 0 Å². The van der Waals surface area contributed by atoms with Gasteiger partial charge in [0.1, 0.15) is 0 Å². The molecule has 0 saturated carbocycles. The van der Waals surface area contributed by atoms with Crippen molar-refractivity contribution in [3.63, 3.8) is 0 Å². The van der Waals surface area contributed by atoms with Crippen LogP contribution in [0.4, 0.5) is 0 Å². The number of aryl methyl sites for hydroxylation is 1. The predicted octanol–water partition coefficient (Wildman–Crippen LogP) is 2.48. The van der Waals surface area contributed by atoms with Gasteiger partial charge in [0.05, 0.1) is 6.20 Å². The second-order valence-corrected chi connectivity index (χ2v) is 3.25. The molecule has 0 fully saturated rings. The summed E-state index contributed by atoms with van der Waals surface area (Å²) in [6.45, 7) is 4.06. The van der Waals surface area contributed by atoms with Gasteiger partial charge in [-0.2, -0.15) is 5.10 Å². The average molecular weight is 184 g/mol. The van der Waals surface area contributed by atoms with Crippen LogP contribution in [-0.4, -0.2) is 9.78 Å². The third-order valence-corrected chi connectivity index (χ3v) is 2.18. The van der Waals surface area contributed by atoms with Crippen molar-refractivity contribution in [1.29, 1.82) is 0 Å². The molecule has 14 heavy (non-hydrogen) atoms. The van der Waals surface area contributed by atoms with E-state index in [1.165, 1.54) is 0 Å². The first-order valence-electron chi connectivity index (χ1n) is 4.51. The highest BCUT2D eigenvalue weighted by Crippen LogP contribution is 2.19. The van der Waals surface area contributed by atoms with Crippen LogP contribution < -0.4 is 0 Å². The summed E-state index contributed by atoms with van der Waals surface area (Å²) < 4.78 is 1.78. The molecule has 0 aliphatic heterocycles. The zero-order valence-electron chi connectivity index (χ0n) is 8.14. The summed E-state index contributed by atoms with van der Waals surface area (Å²) in [6.07, 6.45) is 3.80. The van der Waals surface area contributed by atoms with Crippen molar-refractivity contribution in [2.75, 3.05) is 0 Å². The van der Waals surface area contributed by atoms with E-state index in [2.05, 4.69) is 23.8 Å². The highest BCUT2D eigenvalue weighted by Gasteiger charge is 2.02. The minimum absolute atomic E-state index is 1.01. The van der Waals surface area contributed by atoms with E-state index in [9.17, 15) is 0 Å². The maximum absolute atomic E-state index is 4.12. The van der Waals surface area contributed by atoms with Crippen molar-refractivity contribution < 1.29 is 0 Å². The summed E-state index contributed by atoms with van der Waals surface area (Å²) in [7, 11) is 1.90. The summed E-state index contributed by atoms with van der Waals surface area (Å²) in [6, 6.07) is 10.1. The first-order chi connectivity index (χ1) is 6.77. The maximum atomic E-state index is 4.12. The van der Waals surface area contributed by atoms with Crippen molar-refractivity contribution in [2.45, 2.75) is 0 Å². The molecule has 1 aromatic heterocycles. The third kappa shape index (κ3) is 1.59. The van der Waals surface area contributed by atoms with Gasteiger partial charge in [0, 0.05) is 18.8 Å². The Hall–Kier alpha value is -1.83. The van der Waals surface area contributed by atoms with Gasteiger partial charge in [0.25, 0.3) is 0 Å². The second kappa shape index (κ2) is 3.50. The smallest absolute Gasteiger partial charge is 0.0568 e. The van der Waals surface area contributed by atoms with E-state index in [4.69, 9.17) is 0 Å². The summed E-state index contributed by atoms with van der Waals surface area (Å²) in [5, 5.41) is 4.12. The van der Waals surface area contributed by atoms with Crippen molar-refractivity contribution >= 4 is 5.57 Å². The van der Waals surface area contributed by atoms with Crippen LogP contribution >= 0.6 is 0 Å². The van der Waals surface area contributed by atoms with E-state index >= 15 is 0 Å². The molecule has 0 aliphatic carbocycles. The van der Waals surface area contributed by atoms with Crippen LogP contribution in [0.5, 0.6) is 0 Å². The zero-order chi connectivity index (χ0) is 9.97. The number of hydrogen-bond acceptors (Lipinski definition) is 1. The lowest BCUT2D eigenvalue weighted by molar-refractivity contribution is 0.767. The first-order valence-corrected chi connectivity index (χ1v) is 4.51. The molecule has 1 heterocycles. The van der Waals surface area contributed by atoms with Gasteiger partial charge in [-0.05, 0) is 11.1 Å². The first kappa shape index (κ1) is 8.75. The number of nitrogens with zero attached hydrogens (tertiary/aromatic N) is 2. The predicted molar refractivity (Wildman–Crippen MR) is 57.8 cm³/mol. The molecule has 1 aromatic carbocycles. The molecule has 0 amide bonds. The average Bonchev–Trinajstić information content (AvgIpc) is 2.65. The molecule has 0 spiro atoms. The Morgan fingerprint density at radius 3 is 2.50 bits per heavy atom. The van der Waals surface area contributed by atoms with Crippen LogP contribution in [0.1, 0.15) is 11.1 Å². The van der Waals surface area contributed by atoms with E-state index in [-0.39, 0.29) is 0 Å². The third-order valence-electron chi connectivity index (χ3n) is 2.18. The van der Waals surface area contributed by atoms with Crippen LogP contribution in [0, 0.1) is 0 Å². The molecule has 0 unspecified atom stereocenters. The van der Waals surface area contributed by atoms with Gasteiger partial charge in [-0.1, -0.05) is 36.9 Å². The Labute approximate surface area is 83.5 Å². The Morgan fingerprint density at radius 2 is 1.93 bits per heavy atom. The van der Waals surface area contributed by atoms with E-state index in [0.717, 1.165) is 16.7 Å². The Balaban J connectivity index is 2.34.